The van der Waals surface area contributed by atoms with E-state index in [0.717, 1.165) is 5.82 Å². The maximum absolute atomic E-state index is 12.8. The van der Waals surface area contributed by atoms with Gasteiger partial charge in [0.2, 0.25) is 5.91 Å². The first-order chi connectivity index (χ1) is 18.0. The molecule has 1 aromatic carbocycles. The van der Waals surface area contributed by atoms with Crippen molar-refractivity contribution in [3.05, 3.63) is 80.9 Å². The fraction of sp³-hybridized carbons (Fsp3) is 0.346. The number of fused-ring (bicyclic) bond motifs is 1. The molecule has 0 spiro atoms. The zero-order chi connectivity index (χ0) is 25.8. The molecule has 3 aromatic rings. The van der Waals surface area contributed by atoms with Gasteiger partial charge in [-0.15, -0.1) is 0 Å². The van der Waals surface area contributed by atoms with Crippen LogP contribution in [0.2, 0.25) is 5.02 Å². The Hall–Kier alpha value is -3.94. The van der Waals surface area contributed by atoms with Crippen molar-refractivity contribution < 1.29 is 4.79 Å². The van der Waals surface area contributed by atoms with E-state index < -0.39 is 5.56 Å². The molecule has 2 aromatic heterocycles. The van der Waals surface area contributed by atoms with Crippen LogP contribution in [0.4, 0.5) is 11.5 Å². The Morgan fingerprint density at radius 2 is 1.97 bits per heavy atom. The number of anilines is 2. The Morgan fingerprint density at radius 1 is 1.16 bits per heavy atom. The Kier molecular flexibility index (Phi) is 7.35. The van der Waals surface area contributed by atoms with Gasteiger partial charge in [-0.1, -0.05) is 35.9 Å². The molecule has 4 heterocycles. The minimum atomic E-state index is -0.414. The average Bonchev–Trinajstić information content (AvgIpc) is 3.31. The molecule has 0 saturated carbocycles. The van der Waals surface area contributed by atoms with Crippen LogP contribution >= 0.6 is 11.6 Å². The van der Waals surface area contributed by atoms with E-state index in [2.05, 4.69) is 48.5 Å². The number of nitrogens with zero attached hydrogens (tertiary/aromatic N) is 6. The van der Waals surface area contributed by atoms with Crippen LogP contribution in [-0.4, -0.2) is 65.3 Å². The number of nitriles is 1. The number of carbonyl (C=O) groups excluding carboxylic acids is 1. The van der Waals surface area contributed by atoms with E-state index in [1.54, 1.807) is 18.5 Å². The normalized spacial score (nSPS) is 17.0. The lowest BCUT2D eigenvalue weighted by atomic mass is 10.0. The minimum absolute atomic E-state index is 0.0316. The van der Waals surface area contributed by atoms with Crippen molar-refractivity contribution in [3.63, 3.8) is 0 Å². The predicted octanol–water partition coefficient (Wildman–Crippen LogP) is 2.08. The molecule has 37 heavy (non-hydrogen) atoms. The van der Waals surface area contributed by atoms with E-state index in [9.17, 15) is 9.59 Å². The molecule has 10 nitrogen and oxygen atoms in total. The van der Waals surface area contributed by atoms with E-state index in [1.807, 2.05) is 23.1 Å². The van der Waals surface area contributed by atoms with Crippen molar-refractivity contribution in [2.45, 2.75) is 19.0 Å². The van der Waals surface area contributed by atoms with Crippen molar-refractivity contribution in [2.75, 3.05) is 49.1 Å². The molecule has 0 radical (unpaired) electrons. The second-order valence-corrected chi connectivity index (χ2v) is 9.46. The number of aromatic nitrogens is 3. The fourth-order valence-corrected chi connectivity index (χ4v) is 5.13. The molecule has 190 valence electrons. The number of H-pyrrole nitrogens is 1. The third-order valence-corrected chi connectivity index (χ3v) is 7.27. The highest BCUT2D eigenvalue weighted by Crippen LogP contribution is 2.38. The Bertz CT molecular complexity index is 1360. The van der Waals surface area contributed by atoms with Gasteiger partial charge in [-0.2, -0.15) is 10.4 Å². The van der Waals surface area contributed by atoms with E-state index in [0.29, 0.717) is 63.5 Å². The molecule has 2 aliphatic rings. The van der Waals surface area contributed by atoms with E-state index in [4.69, 9.17) is 16.9 Å². The van der Waals surface area contributed by atoms with Crippen LogP contribution in [0.15, 0.2) is 53.6 Å². The number of pyridine rings is 1. The zero-order valence-corrected chi connectivity index (χ0v) is 21.0. The van der Waals surface area contributed by atoms with Gasteiger partial charge >= 0.3 is 0 Å². The molecule has 1 amide bonds. The van der Waals surface area contributed by atoms with Gasteiger partial charge < -0.3 is 20.0 Å². The van der Waals surface area contributed by atoms with E-state index in [-0.39, 0.29) is 17.0 Å². The number of aromatic amines is 1. The summed E-state index contributed by atoms with van der Waals surface area (Å²) in [4.78, 5) is 35.3. The van der Waals surface area contributed by atoms with Crippen LogP contribution in [0.25, 0.3) is 0 Å². The number of hydrogen-bond donors (Lipinski definition) is 2. The summed E-state index contributed by atoms with van der Waals surface area (Å²) in [5, 5.41) is 18.8. The summed E-state index contributed by atoms with van der Waals surface area (Å²) < 4.78 is 0. The van der Waals surface area contributed by atoms with Crippen LogP contribution in [0, 0.1) is 11.3 Å². The average molecular weight is 519 g/mol. The van der Waals surface area contributed by atoms with E-state index >= 15 is 0 Å². The lowest BCUT2D eigenvalue weighted by Crippen LogP contribution is -2.49. The maximum Gasteiger partial charge on any atom is 0.285 e. The van der Waals surface area contributed by atoms with Crippen LogP contribution in [0.3, 0.4) is 0 Å². The number of hydrogen-bond acceptors (Lipinski definition) is 8. The van der Waals surface area contributed by atoms with Gasteiger partial charge in [0.25, 0.3) is 5.56 Å². The summed E-state index contributed by atoms with van der Waals surface area (Å²) in [7, 11) is 0. The summed E-state index contributed by atoms with van der Waals surface area (Å²) in [6, 6.07) is 13.8. The molecule has 1 saturated heterocycles. The maximum atomic E-state index is 12.8. The highest BCUT2D eigenvalue weighted by molar-refractivity contribution is 6.33. The largest absolute Gasteiger partial charge is 0.356 e. The number of nitrogens with one attached hydrogen (secondary N) is 2. The number of rotatable bonds is 7. The quantitative estimate of drug-likeness (QED) is 0.456. The molecule has 5 rings (SSSR count). The summed E-state index contributed by atoms with van der Waals surface area (Å²) >= 11 is 6.32. The van der Waals surface area contributed by atoms with Crippen molar-refractivity contribution in [2.24, 2.45) is 0 Å². The summed E-state index contributed by atoms with van der Waals surface area (Å²) in [6.45, 7) is 4.46. The Morgan fingerprint density at radius 3 is 2.73 bits per heavy atom. The number of benzene rings is 1. The smallest absolute Gasteiger partial charge is 0.285 e. The highest BCUT2D eigenvalue weighted by atomic mass is 35.5. The molecule has 2 aliphatic heterocycles. The highest BCUT2D eigenvalue weighted by Gasteiger charge is 2.32. The number of amides is 1. The molecule has 2 N–H and O–H groups in total. The first-order valence-corrected chi connectivity index (χ1v) is 12.6. The van der Waals surface area contributed by atoms with Crippen molar-refractivity contribution >= 4 is 29.0 Å². The fourth-order valence-electron chi connectivity index (χ4n) is 4.93. The minimum Gasteiger partial charge on any atom is -0.356 e. The summed E-state index contributed by atoms with van der Waals surface area (Å²) in [5.74, 6) is 0.940. The van der Waals surface area contributed by atoms with Gasteiger partial charge in [-0.25, -0.2) is 10.1 Å². The molecule has 0 bridgehead atoms. The lowest BCUT2D eigenvalue weighted by Gasteiger charge is -2.35. The van der Waals surface area contributed by atoms with Crippen LogP contribution < -0.4 is 20.7 Å². The second-order valence-electron chi connectivity index (χ2n) is 9.08. The first kappa shape index (κ1) is 24.7. The summed E-state index contributed by atoms with van der Waals surface area (Å²) in [5.41, 5.74) is 3.06. The first-order valence-electron chi connectivity index (χ1n) is 12.2. The monoisotopic (exact) mass is 518 g/mol. The Labute approximate surface area is 219 Å². The third kappa shape index (κ3) is 5.28. The van der Waals surface area contributed by atoms with Crippen molar-refractivity contribution in [1.82, 2.24) is 25.4 Å². The van der Waals surface area contributed by atoms with Crippen molar-refractivity contribution in [1.29, 1.82) is 5.26 Å². The Balaban J connectivity index is 1.14. The molecular formula is C26H27ClN8O2. The van der Waals surface area contributed by atoms with Crippen molar-refractivity contribution in [3.8, 4) is 6.07 Å². The number of halogens is 1. The van der Waals surface area contributed by atoms with Gasteiger partial charge in [-0.3, -0.25) is 9.59 Å². The number of carbonyl (C=O) groups is 1. The molecule has 0 aliphatic carbocycles. The molecule has 0 unspecified atom stereocenters. The van der Waals surface area contributed by atoms with Gasteiger partial charge in [0.1, 0.15) is 16.9 Å². The second kappa shape index (κ2) is 11.0. The third-order valence-electron chi connectivity index (χ3n) is 6.90. The van der Waals surface area contributed by atoms with Gasteiger partial charge in [0, 0.05) is 58.4 Å². The molecular weight excluding hydrogens is 492 g/mol. The van der Waals surface area contributed by atoms with Crippen LogP contribution in [0.5, 0.6) is 0 Å². The number of piperazine rings is 1. The van der Waals surface area contributed by atoms with Crippen LogP contribution in [0.1, 0.15) is 29.2 Å². The van der Waals surface area contributed by atoms with Gasteiger partial charge in [-0.05, 0) is 23.3 Å². The predicted molar refractivity (Wildman–Crippen MR) is 140 cm³/mol. The van der Waals surface area contributed by atoms with Gasteiger partial charge in [0.15, 0.2) is 0 Å². The molecule has 11 heteroatoms. The molecule has 1 fully saturated rings. The van der Waals surface area contributed by atoms with Crippen LogP contribution in [-0.2, 0) is 11.3 Å². The summed E-state index contributed by atoms with van der Waals surface area (Å²) in [6.07, 6.45) is 3.55. The topological polar surface area (TPSA) is 121 Å². The van der Waals surface area contributed by atoms with Gasteiger partial charge in [0.05, 0.1) is 23.5 Å². The standard InChI is InChI=1S/C26H27ClN8O2/c27-25-22(16-31-32-26(25)37)35-17-19-3-1-2-4-20(19)21(35)15-29-8-7-24(36)34-11-9-33(10-12-34)23-6-5-18(13-28)14-30-23/h1-6,14,16,21,29H,7-12,15,17H2,(H,32,37)/t21-/m0/s1. The lowest BCUT2D eigenvalue weighted by molar-refractivity contribution is -0.131. The zero-order valence-electron chi connectivity index (χ0n) is 20.2. The SMILES string of the molecule is N#Cc1ccc(N2CCN(C(=O)CCNC[C@H]3c4ccccc4CN3c3cn[nH]c(=O)c3Cl)CC2)nc1. The van der Waals surface area contributed by atoms with E-state index in [1.165, 1.54) is 11.1 Å². The molecule has 1 atom stereocenters.